The second kappa shape index (κ2) is 5.83. The third-order valence-electron chi connectivity index (χ3n) is 2.90. The first-order valence-electron chi connectivity index (χ1n) is 6.49. The Morgan fingerprint density at radius 1 is 1.45 bits per heavy atom. The standard InChI is InChI=1S/C14H19N5O/c1-9(15)14(20)17-13-6-4-5-12(7-13)8-19-11(3)16-10(2)18-19/h4-7,9H,8,15H2,1-3H3,(H,17,20)/t9-/m1/s1. The molecule has 0 aliphatic heterocycles. The van der Waals surface area contributed by atoms with Crippen molar-refractivity contribution in [2.75, 3.05) is 5.32 Å². The Morgan fingerprint density at radius 3 is 2.80 bits per heavy atom. The first-order chi connectivity index (χ1) is 9.45. The highest BCUT2D eigenvalue weighted by Gasteiger charge is 2.08. The molecule has 0 spiro atoms. The number of nitrogens with zero attached hydrogens (tertiary/aromatic N) is 3. The third-order valence-corrected chi connectivity index (χ3v) is 2.90. The molecule has 1 heterocycles. The molecule has 3 N–H and O–H groups in total. The molecule has 1 aromatic carbocycles. The number of nitrogens with one attached hydrogen (secondary N) is 1. The van der Waals surface area contributed by atoms with Gasteiger partial charge in [0.25, 0.3) is 0 Å². The van der Waals surface area contributed by atoms with E-state index in [2.05, 4.69) is 15.4 Å². The van der Waals surface area contributed by atoms with Crippen LogP contribution in [-0.2, 0) is 11.3 Å². The zero-order valence-corrected chi connectivity index (χ0v) is 11.9. The minimum Gasteiger partial charge on any atom is -0.325 e. The Bertz CT molecular complexity index is 618. The maximum Gasteiger partial charge on any atom is 0.240 e. The maximum absolute atomic E-state index is 11.6. The highest BCUT2D eigenvalue weighted by molar-refractivity contribution is 5.94. The average molecular weight is 273 g/mol. The molecule has 0 unspecified atom stereocenters. The monoisotopic (exact) mass is 273 g/mol. The fourth-order valence-electron chi connectivity index (χ4n) is 1.89. The van der Waals surface area contributed by atoms with Gasteiger partial charge in [0.2, 0.25) is 5.91 Å². The molecule has 2 aromatic rings. The van der Waals surface area contributed by atoms with Gasteiger partial charge in [0, 0.05) is 5.69 Å². The summed E-state index contributed by atoms with van der Waals surface area (Å²) in [7, 11) is 0. The Hall–Kier alpha value is -2.21. The van der Waals surface area contributed by atoms with Gasteiger partial charge in [-0.25, -0.2) is 9.67 Å². The van der Waals surface area contributed by atoms with E-state index >= 15 is 0 Å². The van der Waals surface area contributed by atoms with Gasteiger partial charge in [-0.2, -0.15) is 5.10 Å². The zero-order valence-electron chi connectivity index (χ0n) is 11.9. The summed E-state index contributed by atoms with van der Waals surface area (Å²) in [5.41, 5.74) is 7.31. The van der Waals surface area contributed by atoms with Crippen molar-refractivity contribution >= 4 is 11.6 Å². The Morgan fingerprint density at radius 2 is 2.20 bits per heavy atom. The van der Waals surface area contributed by atoms with E-state index in [-0.39, 0.29) is 5.91 Å². The average Bonchev–Trinajstić information content (AvgIpc) is 2.68. The molecule has 0 aliphatic rings. The van der Waals surface area contributed by atoms with Crippen LogP contribution >= 0.6 is 0 Å². The highest BCUT2D eigenvalue weighted by atomic mass is 16.2. The normalized spacial score (nSPS) is 12.2. The summed E-state index contributed by atoms with van der Waals surface area (Å²) in [6, 6.07) is 7.10. The SMILES string of the molecule is Cc1nc(C)n(Cc2cccc(NC(=O)[C@@H](C)N)c2)n1. The van der Waals surface area contributed by atoms with Crippen LogP contribution in [0.3, 0.4) is 0 Å². The lowest BCUT2D eigenvalue weighted by atomic mass is 10.2. The van der Waals surface area contributed by atoms with Crippen molar-refractivity contribution in [3.63, 3.8) is 0 Å². The number of carbonyl (C=O) groups excluding carboxylic acids is 1. The van der Waals surface area contributed by atoms with Crippen molar-refractivity contribution in [2.45, 2.75) is 33.4 Å². The van der Waals surface area contributed by atoms with Crippen molar-refractivity contribution in [1.29, 1.82) is 0 Å². The van der Waals surface area contributed by atoms with Crippen molar-refractivity contribution in [3.8, 4) is 0 Å². The molecule has 20 heavy (non-hydrogen) atoms. The maximum atomic E-state index is 11.6. The quantitative estimate of drug-likeness (QED) is 0.877. The van der Waals surface area contributed by atoms with Crippen LogP contribution in [0.1, 0.15) is 24.1 Å². The van der Waals surface area contributed by atoms with Gasteiger partial charge in [-0.05, 0) is 38.5 Å². The van der Waals surface area contributed by atoms with E-state index in [0.29, 0.717) is 6.54 Å². The lowest BCUT2D eigenvalue weighted by molar-refractivity contribution is -0.117. The lowest BCUT2D eigenvalue weighted by Crippen LogP contribution is -2.32. The molecule has 0 radical (unpaired) electrons. The smallest absolute Gasteiger partial charge is 0.240 e. The fourth-order valence-corrected chi connectivity index (χ4v) is 1.89. The second-order valence-electron chi connectivity index (χ2n) is 4.84. The van der Waals surface area contributed by atoms with Crippen molar-refractivity contribution in [2.24, 2.45) is 5.73 Å². The molecule has 1 atom stereocenters. The fraction of sp³-hybridized carbons (Fsp3) is 0.357. The Balaban J connectivity index is 2.14. The summed E-state index contributed by atoms with van der Waals surface area (Å²) < 4.78 is 1.84. The largest absolute Gasteiger partial charge is 0.325 e. The number of aromatic nitrogens is 3. The molecule has 0 fully saturated rings. The van der Waals surface area contributed by atoms with E-state index in [1.165, 1.54) is 0 Å². The Labute approximate surface area is 118 Å². The molecule has 2 rings (SSSR count). The summed E-state index contributed by atoms with van der Waals surface area (Å²) in [6.07, 6.45) is 0. The van der Waals surface area contributed by atoms with Gasteiger partial charge in [0.05, 0.1) is 12.6 Å². The molecule has 1 aromatic heterocycles. The highest BCUT2D eigenvalue weighted by Crippen LogP contribution is 2.12. The summed E-state index contributed by atoms with van der Waals surface area (Å²) in [6.45, 7) is 6.06. The van der Waals surface area contributed by atoms with Gasteiger partial charge < -0.3 is 11.1 Å². The summed E-state index contributed by atoms with van der Waals surface area (Å²) in [5, 5.41) is 7.10. The number of benzene rings is 1. The minimum atomic E-state index is -0.529. The van der Waals surface area contributed by atoms with Crippen molar-refractivity contribution in [3.05, 3.63) is 41.5 Å². The van der Waals surface area contributed by atoms with Gasteiger partial charge in [0.1, 0.15) is 11.6 Å². The van der Waals surface area contributed by atoms with Crippen LogP contribution in [0.2, 0.25) is 0 Å². The van der Waals surface area contributed by atoms with E-state index < -0.39 is 6.04 Å². The topological polar surface area (TPSA) is 85.8 Å². The zero-order chi connectivity index (χ0) is 14.7. The van der Waals surface area contributed by atoms with Crippen LogP contribution in [0.25, 0.3) is 0 Å². The van der Waals surface area contributed by atoms with Crippen molar-refractivity contribution < 1.29 is 4.79 Å². The molecule has 0 bridgehead atoms. The van der Waals surface area contributed by atoms with Crippen LogP contribution in [0.4, 0.5) is 5.69 Å². The summed E-state index contributed by atoms with van der Waals surface area (Å²) in [4.78, 5) is 15.8. The van der Waals surface area contributed by atoms with Crippen LogP contribution in [0, 0.1) is 13.8 Å². The second-order valence-corrected chi connectivity index (χ2v) is 4.84. The number of hydrogen-bond donors (Lipinski definition) is 2. The van der Waals surface area contributed by atoms with Crippen LogP contribution in [-0.4, -0.2) is 26.7 Å². The number of hydrogen-bond acceptors (Lipinski definition) is 4. The molecule has 106 valence electrons. The number of rotatable bonds is 4. The number of carbonyl (C=O) groups is 1. The van der Waals surface area contributed by atoms with E-state index in [1.807, 2.05) is 42.8 Å². The van der Waals surface area contributed by atoms with Gasteiger partial charge in [-0.15, -0.1) is 0 Å². The number of aryl methyl sites for hydroxylation is 2. The molecule has 6 heteroatoms. The van der Waals surface area contributed by atoms with Gasteiger partial charge in [-0.1, -0.05) is 12.1 Å². The van der Waals surface area contributed by atoms with Crippen LogP contribution in [0.15, 0.2) is 24.3 Å². The van der Waals surface area contributed by atoms with E-state index in [9.17, 15) is 4.79 Å². The predicted octanol–water partition coefficient (Wildman–Crippen LogP) is 1.23. The van der Waals surface area contributed by atoms with Gasteiger partial charge in [-0.3, -0.25) is 4.79 Å². The molecule has 0 aliphatic carbocycles. The number of nitrogens with two attached hydrogens (primary N) is 1. The molecular weight excluding hydrogens is 254 g/mol. The predicted molar refractivity (Wildman–Crippen MR) is 77.3 cm³/mol. The van der Waals surface area contributed by atoms with E-state index in [4.69, 9.17) is 5.73 Å². The number of anilines is 1. The number of amides is 1. The lowest BCUT2D eigenvalue weighted by Gasteiger charge is -2.09. The summed E-state index contributed by atoms with van der Waals surface area (Å²) in [5.74, 6) is 1.42. The first-order valence-corrected chi connectivity index (χ1v) is 6.49. The minimum absolute atomic E-state index is 0.199. The van der Waals surface area contributed by atoms with E-state index in [0.717, 1.165) is 22.9 Å². The molecule has 0 saturated heterocycles. The third kappa shape index (κ3) is 3.42. The molecular formula is C14H19N5O. The van der Waals surface area contributed by atoms with Crippen LogP contribution < -0.4 is 11.1 Å². The summed E-state index contributed by atoms with van der Waals surface area (Å²) >= 11 is 0. The van der Waals surface area contributed by atoms with Gasteiger partial charge >= 0.3 is 0 Å². The molecule has 0 saturated carbocycles. The Kier molecular flexibility index (Phi) is 4.14. The van der Waals surface area contributed by atoms with E-state index in [1.54, 1.807) is 6.92 Å². The first kappa shape index (κ1) is 14.2. The van der Waals surface area contributed by atoms with Crippen LogP contribution in [0.5, 0.6) is 0 Å². The van der Waals surface area contributed by atoms with Crippen molar-refractivity contribution in [1.82, 2.24) is 14.8 Å². The molecule has 1 amide bonds. The molecule has 6 nitrogen and oxygen atoms in total. The van der Waals surface area contributed by atoms with Gasteiger partial charge in [0.15, 0.2) is 0 Å².